The summed E-state index contributed by atoms with van der Waals surface area (Å²) in [7, 11) is 2.15. The average molecular weight is 296 g/mol. The molecule has 0 amide bonds. The highest BCUT2D eigenvalue weighted by Gasteiger charge is 2.24. The van der Waals surface area contributed by atoms with Crippen molar-refractivity contribution in [1.82, 2.24) is 9.88 Å². The van der Waals surface area contributed by atoms with Gasteiger partial charge >= 0.3 is 0 Å². The zero-order valence-electron chi connectivity index (χ0n) is 13.2. The van der Waals surface area contributed by atoms with Crippen molar-refractivity contribution in [3.8, 4) is 0 Å². The first-order chi connectivity index (χ1) is 9.36. The third kappa shape index (κ3) is 4.27. The first-order valence-corrected chi connectivity index (χ1v) is 8.49. The van der Waals surface area contributed by atoms with E-state index in [-0.39, 0.29) is 11.5 Å². The van der Waals surface area contributed by atoms with Crippen LogP contribution in [0.15, 0.2) is 6.20 Å². The van der Waals surface area contributed by atoms with Crippen LogP contribution in [0.3, 0.4) is 0 Å². The molecule has 0 spiro atoms. The van der Waals surface area contributed by atoms with Crippen molar-refractivity contribution in [1.29, 1.82) is 0 Å². The van der Waals surface area contributed by atoms with E-state index in [1.165, 1.54) is 29.1 Å². The largest absolute Gasteiger partial charge is 0.393 e. The molecular formula is C16H28N2OS. The second kappa shape index (κ2) is 6.54. The summed E-state index contributed by atoms with van der Waals surface area (Å²) in [5.74, 6) is 0.448. The topological polar surface area (TPSA) is 36.4 Å². The van der Waals surface area contributed by atoms with Gasteiger partial charge in [-0.05, 0) is 25.8 Å². The van der Waals surface area contributed by atoms with Gasteiger partial charge in [-0.3, -0.25) is 0 Å². The molecule has 1 aromatic heterocycles. The lowest BCUT2D eigenvalue weighted by atomic mass is 9.86. The molecule has 0 bridgehead atoms. The molecule has 0 aromatic carbocycles. The molecule has 114 valence electrons. The molecule has 0 saturated heterocycles. The molecule has 1 aromatic rings. The van der Waals surface area contributed by atoms with Crippen molar-refractivity contribution in [2.75, 3.05) is 13.6 Å². The molecule has 0 radical (unpaired) electrons. The molecular weight excluding hydrogens is 268 g/mol. The van der Waals surface area contributed by atoms with Gasteiger partial charge in [0.05, 0.1) is 11.1 Å². The SMILES string of the molecule is CN(Cc1cnc(C(C)(C)C)s1)CC1CCCCC1O. The molecule has 1 saturated carbocycles. The highest BCUT2D eigenvalue weighted by atomic mass is 32.1. The van der Waals surface area contributed by atoms with E-state index < -0.39 is 0 Å². The van der Waals surface area contributed by atoms with Gasteiger partial charge in [-0.25, -0.2) is 4.98 Å². The highest BCUT2D eigenvalue weighted by Crippen LogP contribution is 2.28. The van der Waals surface area contributed by atoms with E-state index in [1.54, 1.807) is 0 Å². The van der Waals surface area contributed by atoms with E-state index in [0.717, 1.165) is 19.5 Å². The molecule has 1 aliphatic carbocycles. The van der Waals surface area contributed by atoms with Gasteiger partial charge in [0.1, 0.15) is 0 Å². The maximum Gasteiger partial charge on any atom is 0.0981 e. The van der Waals surface area contributed by atoms with Crippen LogP contribution in [0.4, 0.5) is 0 Å². The molecule has 4 heteroatoms. The van der Waals surface area contributed by atoms with Crippen molar-refractivity contribution in [2.45, 2.75) is 64.5 Å². The third-order valence-corrected chi connectivity index (χ3v) is 5.44. The summed E-state index contributed by atoms with van der Waals surface area (Å²) in [5, 5.41) is 11.3. The Kier molecular flexibility index (Phi) is 5.21. The van der Waals surface area contributed by atoms with Crippen molar-refractivity contribution in [3.63, 3.8) is 0 Å². The summed E-state index contributed by atoms with van der Waals surface area (Å²) in [6, 6.07) is 0. The van der Waals surface area contributed by atoms with E-state index in [0.29, 0.717) is 5.92 Å². The predicted molar refractivity (Wildman–Crippen MR) is 85.1 cm³/mol. The molecule has 1 fully saturated rings. The Bertz CT molecular complexity index is 424. The Morgan fingerprint density at radius 1 is 1.35 bits per heavy atom. The fourth-order valence-electron chi connectivity index (χ4n) is 2.86. The zero-order chi connectivity index (χ0) is 14.8. The second-order valence-electron chi connectivity index (χ2n) is 7.19. The van der Waals surface area contributed by atoms with Crippen molar-refractivity contribution in [2.24, 2.45) is 5.92 Å². The van der Waals surface area contributed by atoms with Crippen LogP contribution in [0.2, 0.25) is 0 Å². The van der Waals surface area contributed by atoms with Gasteiger partial charge in [0.25, 0.3) is 0 Å². The number of aromatic nitrogens is 1. The lowest BCUT2D eigenvalue weighted by molar-refractivity contribution is 0.0503. The lowest BCUT2D eigenvalue weighted by Crippen LogP contribution is -2.34. The Morgan fingerprint density at radius 2 is 2.05 bits per heavy atom. The molecule has 20 heavy (non-hydrogen) atoms. The molecule has 2 unspecified atom stereocenters. The summed E-state index contributed by atoms with van der Waals surface area (Å²) in [6.07, 6.45) is 6.52. The minimum atomic E-state index is -0.0993. The van der Waals surface area contributed by atoms with Gasteiger partial charge in [-0.1, -0.05) is 33.6 Å². The maximum absolute atomic E-state index is 10.1. The van der Waals surface area contributed by atoms with Crippen LogP contribution in [-0.4, -0.2) is 34.7 Å². The predicted octanol–water partition coefficient (Wildman–Crippen LogP) is 3.42. The molecule has 2 rings (SSSR count). The summed E-state index contributed by atoms with van der Waals surface area (Å²) >= 11 is 1.82. The average Bonchev–Trinajstić information content (AvgIpc) is 2.80. The quantitative estimate of drug-likeness (QED) is 0.925. The smallest absolute Gasteiger partial charge is 0.0981 e. The minimum Gasteiger partial charge on any atom is -0.393 e. The summed E-state index contributed by atoms with van der Waals surface area (Å²) in [5.41, 5.74) is 0.140. The monoisotopic (exact) mass is 296 g/mol. The number of aliphatic hydroxyl groups excluding tert-OH is 1. The van der Waals surface area contributed by atoms with E-state index in [1.807, 2.05) is 17.5 Å². The first kappa shape index (κ1) is 15.9. The van der Waals surface area contributed by atoms with Gasteiger partial charge in [-0.2, -0.15) is 0 Å². The van der Waals surface area contributed by atoms with Gasteiger partial charge in [0.15, 0.2) is 0 Å². The maximum atomic E-state index is 10.1. The van der Waals surface area contributed by atoms with E-state index in [9.17, 15) is 5.11 Å². The van der Waals surface area contributed by atoms with Gasteiger partial charge in [0, 0.05) is 29.6 Å². The molecule has 0 aliphatic heterocycles. The van der Waals surface area contributed by atoms with Crippen LogP contribution in [0.25, 0.3) is 0 Å². The Hall–Kier alpha value is -0.450. The van der Waals surface area contributed by atoms with Crippen LogP contribution >= 0.6 is 11.3 Å². The van der Waals surface area contributed by atoms with E-state index in [4.69, 9.17) is 0 Å². The highest BCUT2D eigenvalue weighted by molar-refractivity contribution is 7.11. The van der Waals surface area contributed by atoms with Gasteiger partial charge in [-0.15, -0.1) is 11.3 Å². The number of hydrogen-bond donors (Lipinski definition) is 1. The Balaban J connectivity index is 1.88. The van der Waals surface area contributed by atoms with E-state index in [2.05, 4.69) is 37.7 Å². The number of thiazole rings is 1. The zero-order valence-corrected chi connectivity index (χ0v) is 14.0. The van der Waals surface area contributed by atoms with Gasteiger partial charge < -0.3 is 10.0 Å². The van der Waals surface area contributed by atoms with E-state index >= 15 is 0 Å². The number of hydrogen-bond acceptors (Lipinski definition) is 4. The number of aliphatic hydroxyl groups is 1. The number of nitrogens with zero attached hydrogens (tertiary/aromatic N) is 2. The van der Waals surface area contributed by atoms with Crippen LogP contribution in [-0.2, 0) is 12.0 Å². The van der Waals surface area contributed by atoms with Crippen LogP contribution < -0.4 is 0 Å². The molecule has 1 N–H and O–H groups in total. The molecule has 1 heterocycles. The Labute approximate surface area is 127 Å². The first-order valence-electron chi connectivity index (χ1n) is 7.68. The normalized spacial score (nSPS) is 24.3. The molecule has 1 aliphatic rings. The minimum absolute atomic E-state index is 0.0993. The fourth-order valence-corrected chi connectivity index (χ4v) is 3.91. The van der Waals surface area contributed by atoms with Crippen molar-refractivity contribution < 1.29 is 5.11 Å². The van der Waals surface area contributed by atoms with Gasteiger partial charge in [0.2, 0.25) is 0 Å². The fraction of sp³-hybridized carbons (Fsp3) is 0.812. The third-order valence-electron chi connectivity index (χ3n) is 4.04. The Morgan fingerprint density at radius 3 is 2.65 bits per heavy atom. The van der Waals surface area contributed by atoms with Crippen LogP contribution in [0.1, 0.15) is 56.3 Å². The molecule has 2 atom stereocenters. The lowest BCUT2D eigenvalue weighted by Gasteiger charge is -2.31. The molecule has 3 nitrogen and oxygen atoms in total. The standard InChI is InChI=1S/C16H28N2OS/c1-16(2,3)15-17-9-13(20-15)11-18(4)10-12-7-5-6-8-14(12)19/h9,12,14,19H,5-8,10-11H2,1-4H3. The number of rotatable bonds is 4. The summed E-state index contributed by atoms with van der Waals surface area (Å²) < 4.78 is 0. The van der Waals surface area contributed by atoms with Crippen LogP contribution in [0.5, 0.6) is 0 Å². The summed E-state index contributed by atoms with van der Waals surface area (Å²) in [4.78, 5) is 8.20. The van der Waals surface area contributed by atoms with Crippen molar-refractivity contribution in [3.05, 3.63) is 16.1 Å². The second-order valence-corrected chi connectivity index (χ2v) is 8.31. The van der Waals surface area contributed by atoms with Crippen molar-refractivity contribution >= 4 is 11.3 Å². The van der Waals surface area contributed by atoms with Crippen LogP contribution in [0, 0.1) is 5.92 Å². The summed E-state index contributed by atoms with van der Waals surface area (Å²) in [6.45, 7) is 8.55.